The maximum Gasteiger partial charge on any atom is 0.411 e. The summed E-state index contributed by atoms with van der Waals surface area (Å²) in [5.41, 5.74) is 0.465. The highest BCUT2D eigenvalue weighted by Crippen LogP contribution is 2.23. The van der Waals surface area contributed by atoms with E-state index in [1.807, 2.05) is 31.2 Å². The molecule has 1 aromatic carbocycles. The van der Waals surface area contributed by atoms with E-state index < -0.39 is 6.09 Å². The number of ether oxygens (including phenoxy) is 2. The third kappa shape index (κ3) is 7.32. The Labute approximate surface area is 150 Å². The Bertz CT molecular complexity index is 525. The number of amides is 1. The van der Waals surface area contributed by atoms with Crippen molar-refractivity contribution < 1.29 is 14.3 Å². The molecule has 1 fully saturated rings. The highest BCUT2D eigenvalue weighted by atomic mass is 16.5. The van der Waals surface area contributed by atoms with Crippen LogP contribution in [0.15, 0.2) is 24.3 Å². The number of carbonyl (C=O) groups excluding carboxylic acids is 1. The van der Waals surface area contributed by atoms with Crippen LogP contribution in [-0.4, -0.2) is 55.9 Å². The number of piperazine rings is 1. The fourth-order valence-electron chi connectivity index (χ4n) is 2.69. The maximum absolute atomic E-state index is 11.5. The molecule has 0 spiro atoms. The van der Waals surface area contributed by atoms with Gasteiger partial charge in [0, 0.05) is 38.4 Å². The highest BCUT2D eigenvalue weighted by molar-refractivity contribution is 5.84. The lowest BCUT2D eigenvalue weighted by Crippen LogP contribution is -2.45. The minimum Gasteiger partial charge on any atom is -0.488 e. The van der Waals surface area contributed by atoms with Gasteiger partial charge in [-0.3, -0.25) is 5.32 Å². The number of hydrogen-bond acceptors (Lipinski definition) is 5. The molecular weight excluding hydrogens is 318 g/mol. The van der Waals surface area contributed by atoms with Gasteiger partial charge in [-0.05, 0) is 51.0 Å². The number of nitrogens with one attached hydrogen (secondary N) is 2. The van der Waals surface area contributed by atoms with Gasteiger partial charge < -0.3 is 19.7 Å². The molecule has 0 atom stereocenters. The van der Waals surface area contributed by atoms with E-state index in [0.29, 0.717) is 12.3 Å². The van der Waals surface area contributed by atoms with Crippen LogP contribution in [0.3, 0.4) is 0 Å². The second-order valence-electron chi connectivity index (χ2n) is 6.99. The molecular formula is C19H31N3O3. The predicted octanol–water partition coefficient (Wildman–Crippen LogP) is 3.10. The molecule has 0 aromatic heterocycles. The Kier molecular flexibility index (Phi) is 7.52. The third-order valence-electron chi connectivity index (χ3n) is 4.17. The molecule has 1 amide bonds. The van der Waals surface area contributed by atoms with E-state index in [2.05, 4.69) is 29.4 Å². The summed E-state index contributed by atoms with van der Waals surface area (Å²) in [7, 11) is 0. The van der Waals surface area contributed by atoms with Crippen LogP contribution in [0.1, 0.15) is 33.6 Å². The van der Waals surface area contributed by atoms with Crippen LogP contribution in [-0.2, 0) is 4.74 Å². The predicted molar refractivity (Wildman–Crippen MR) is 100 cm³/mol. The van der Waals surface area contributed by atoms with E-state index in [1.54, 1.807) is 0 Å². The van der Waals surface area contributed by atoms with E-state index >= 15 is 0 Å². The fourth-order valence-corrected chi connectivity index (χ4v) is 2.69. The zero-order valence-electron chi connectivity index (χ0n) is 15.6. The van der Waals surface area contributed by atoms with Gasteiger partial charge in [0.1, 0.15) is 11.4 Å². The Hall–Kier alpha value is -1.79. The first kappa shape index (κ1) is 19.5. The first-order valence-electron chi connectivity index (χ1n) is 9.14. The van der Waals surface area contributed by atoms with Crippen LogP contribution in [0.4, 0.5) is 10.5 Å². The largest absolute Gasteiger partial charge is 0.488 e. The molecule has 6 nitrogen and oxygen atoms in total. The number of benzene rings is 1. The minimum atomic E-state index is -0.424. The molecule has 6 heteroatoms. The van der Waals surface area contributed by atoms with E-state index in [-0.39, 0.29) is 5.60 Å². The van der Waals surface area contributed by atoms with Gasteiger partial charge in [-0.25, -0.2) is 4.79 Å². The lowest BCUT2D eigenvalue weighted by molar-refractivity contribution is 0.0809. The fraction of sp³-hybridized carbons (Fsp3) is 0.632. The molecule has 25 heavy (non-hydrogen) atoms. The molecule has 0 aliphatic carbocycles. The van der Waals surface area contributed by atoms with Crippen molar-refractivity contribution in [3.05, 3.63) is 24.3 Å². The van der Waals surface area contributed by atoms with Gasteiger partial charge in [0.2, 0.25) is 0 Å². The molecule has 1 aliphatic heterocycles. The summed E-state index contributed by atoms with van der Waals surface area (Å²) in [6.07, 6.45) is 1.35. The van der Waals surface area contributed by atoms with Crippen molar-refractivity contribution in [3.8, 4) is 5.75 Å². The van der Waals surface area contributed by atoms with Gasteiger partial charge in [0.25, 0.3) is 0 Å². The molecule has 1 aromatic rings. The summed E-state index contributed by atoms with van der Waals surface area (Å²) < 4.78 is 11.1. The van der Waals surface area contributed by atoms with Crippen molar-refractivity contribution in [1.82, 2.24) is 10.2 Å². The summed E-state index contributed by atoms with van der Waals surface area (Å²) in [4.78, 5) is 14.0. The molecule has 1 heterocycles. The summed E-state index contributed by atoms with van der Waals surface area (Å²) in [6.45, 7) is 12.0. The number of carbonyl (C=O) groups is 1. The first-order chi connectivity index (χ1) is 12.0. The minimum absolute atomic E-state index is 0.236. The molecule has 0 unspecified atom stereocenters. The van der Waals surface area contributed by atoms with Crippen LogP contribution in [0.2, 0.25) is 0 Å². The van der Waals surface area contributed by atoms with E-state index in [9.17, 15) is 4.79 Å². The zero-order chi connectivity index (χ0) is 18.1. The van der Waals surface area contributed by atoms with Crippen molar-refractivity contribution in [3.63, 3.8) is 0 Å². The molecule has 1 saturated heterocycles. The maximum atomic E-state index is 11.5. The average molecular weight is 349 g/mol. The Morgan fingerprint density at radius 1 is 1.24 bits per heavy atom. The number of nitrogens with zero attached hydrogens (tertiary/aromatic N) is 1. The highest BCUT2D eigenvalue weighted by Gasteiger charge is 2.22. The van der Waals surface area contributed by atoms with Gasteiger partial charge in [0.05, 0.1) is 6.61 Å². The van der Waals surface area contributed by atoms with Crippen molar-refractivity contribution in [1.29, 1.82) is 0 Å². The van der Waals surface area contributed by atoms with E-state index in [1.165, 1.54) is 0 Å². The van der Waals surface area contributed by atoms with Crippen molar-refractivity contribution >= 4 is 11.8 Å². The quantitative estimate of drug-likeness (QED) is 0.755. The molecule has 140 valence electrons. The van der Waals surface area contributed by atoms with Gasteiger partial charge >= 0.3 is 6.09 Å². The Balaban J connectivity index is 1.79. The topological polar surface area (TPSA) is 62.8 Å². The average Bonchev–Trinajstić information content (AvgIpc) is 2.61. The van der Waals surface area contributed by atoms with Crippen LogP contribution < -0.4 is 15.4 Å². The Morgan fingerprint density at radius 2 is 1.92 bits per heavy atom. The lowest BCUT2D eigenvalue weighted by atomic mass is 10.0. The summed E-state index contributed by atoms with van der Waals surface area (Å²) in [5.74, 6) is 0.804. The van der Waals surface area contributed by atoms with Gasteiger partial charge in [-0.15, -0.1) is 0 Å². The summed E-state index contributed by atoms with van der Waals surface area (Å²) in [6, 6.07) is 7.41. The smallest absolute Gasteiger partial charge is 0.411 e. The molecule has 2 N–H and O–H groups in total. The second kappa shape index (κ2) is 9.63. The zero-order valence-corrected chi connectivity index (χ0v) is 15.6. The molecule has 0 radical (unpaired) electrons. The molecule has 2 rings (SSSR count). The van der Waals surface area contributed by atoms with E-state index in [4.69, 9.17) is 9.47 Å². The van der Waals surface area contributed by atoms with Crippen molar-refractivity contribution in [2.24, 2.45) is 0 Å². The normalized spacial score (nSPS) is 15.6. The first-order valence-corrected chi connectivity index (χ1v) is 9.14. The summed E-state index contributed by atoms with van der Waals surface area (Å²) in [5, 5.41) is 6.08. The van der Waals surface area contributed by atoms with Gasteiger partial charge in [-0.1, -0.05) is 6.92 Å². The van der Waals surface area contributed by atoms with Gasteiger partial charge in [-0.2, -0.15) is 0 Å². The SMILES string of the molecule is CCCOC(=O)Nc1ccc(OC(C)(C)CCN2CCNCC2)cc1. The Morgan fingerprint density at radius 3 is 2.56 bits per heavy atom. The number of rotatable bonds is 8. The third-order valence-corrected chi connectivity index (χ3v) is 4.17. The lowest BCUT2D eigenvalue weighted by Gasteiger charge is -2.32. The molecule has 1 aliphatic rings. The van der Waals surface area contributed by atoms with Crippen molar-refractivity contribution in [2.75, 3.05) is 44.6 Å². The monoisotopic (exact) mass is 349 g/mol. The van der Waals surface area contributed by atoms with Crippen LogP contribution >= 0.6 is 0 Å². The molecule has 0 bridgehead atoms. The number of hydrogen-bond donors (Lipinski definition) is 2. The van der Waals surface area contributed by atoms with Crippen molar-refractivity contribution in [2.45, 2.75) is 39.2 Å². The molecule has 0 saturated carbocycles. The van der Waals surface area contributed by atoms with E-state index in [0.717, 1.165) is 51.3 Å². The number of anilines is 1. The second-order valence-corrected chi connectivity index (χ2v) is 6.99. The van der Waals surface area contributed by atoms with Crippen LogP contribution in [0.25, 0.3) is 0 Å². The van der Waals surface area contributed by atoms with Crippen LogP contribution in [0, 0.1) is 0 Å². The summed E-state index contributed by atoms with van der Waals surface area (Å²) >= 11 is 0. The standard InChI is InChI=1S/C19H31N3O3/c1-4-15-24-18(23)21-16-5-7-17(8-6-16)25-19(2,3)9-12-22-13-10-20-11-14-22/h5-8,20H,4,9-15H2,1-3H3,(H,21,23). The van der Waals surface area contributed by atoms with Gasteiger partial charge in [0.15, 0.2) is 0 Å². The van der Waals surface area contributed by atoms with Crippen LogP contribution in [0.5, 0.6) is 5.75 Å².